The summed E-state index contributed by atoms with van der Waals surface area (Å²) < 4.78 is 21.6. The van der Waals surface area contributed by atoms with E-state index >= 15 is 0 Å². The van der Waals surface area contributed by atoms with Crippen molar-refractivity contribution in [2.75, 3.05) is 78.2 Å². The predicted molar refractivity (Wildman–Crippen MR) is 211 cm³/mol. The normalized spacial score (nSPS) is 17.2. The number of urea groups is 1. The number of phenolic OH excluding ortho intramolecular Hbond substituents is 1. The van der Waals surface area contributed by atoms with E-state index in [2.05, 4.69) is 42.7 Å². The lowest BCUT2D eigenvalue weighted by molar-refractivity contribution is -0.122. The van der Waals surface area contributed by atoms with Crippen LogP contribution in [0.5, 0.6) is 5.75 Å². The summed E-state index contributed by atoms with van der Waals surface area (Å²) in [5, 5.41) is 33.4. The van der Waals surface area contributed by atoms with E-state index in [0.717, 1.165) is 30.6 Å². The Hall–Kier alpha value is -4.73. The fourth-order valence-electron chi connectivity index (χ4n) is 5.83. The van der Waals surface area contributed by atoms with E-state index < -0.39 is 0 Å². The first kappa shape index (κ1) is 44.0. The second-order valence-electron chi connectivity index (χ2n) is 13.0. The Labute approximate surface area is 332 Å². The van der Waals surface area contributed by atoms with Gasteiger partial charge in [-0.3, -0.25) is 14.4 Å². The molecule has 304 valence electrons. The van der Waals surface area contributed by atoms with Crippen LogP contribution in [0.1, 0.15) is 48.0 Å². The van der Waals surface area contributed by atoms with Crippen LogP contribution in [0.2, 0.25) is 0 Å². The minimum Gasteiger partial charge on any atom is -0.506 e. The van der Waals surface area contributed by atoms with Crippen molar-refractivity contribution >= 4 is 46.9 Å². The number of nitrogens with one attached hydrogen (secondary N) is 5. The first-order valence-electron chi connectivity index (χ1n) is 18.9. The van der Waals surface area contributed by atoms with Crippen LogP contribution in [0, 0.1) is 12.3 Å². The van der Waals surface area contributed by atoms with Crippen molar-refractivity contribution in [1.82, 2.24) is 26.6 Å². The van der Waals surface area contributed by atoms with E-state index in [1.54, 1.807) is 36.4 Å². The zero-order valence-electron chi connectivity index (χ0n) is 31.6. The van der Waals surface area contributed by atoms with E-state index in [1.165, 1.54) is 6.07 Å². The van der Waals surface area contributed by atoms with Crippen LogP contribution in [0.3, 0.4) is 0 Å². The quantitative estimate of drug-likeness (QED) is 0.0337. The summed E-state index contributed by atoms with van der Waals surface area (Å²) in [4.78, 5) is 48.0. The summed E-state index contributed by atoms with van der Waals surface area (Å²) in [5.74, 6) is 2.88. The average Bonchev–Trinajstić information content (AvgIpc) is 3.76. The Morgan fingerprint density at radius 2 is 1.52 bits per heavy atom. The number of hydrogen-bond donors (Lipinski definition) is 6. The SMILES string of the molecule is C#CCOCCC(=O)NCCc1ccc(O)c(N=Nc2ccc(C(=O)NCCOCCOCCOCCNC(=O)CCCC[C@@H]3SC[C@@H]4NC(=O)N[C@@H]43)cc2)c1. The lowest BCUT2D eigenvalue weighted by Gasteiger charge is -2.16. The van der Waals surface area contributed by atoms with Crippen LogP contribution >= 0.6 is 11.8 Å². The maximum Gasteiger partial charge on any atom is 0.315 e. The summed E-state index contributed by atoms with van der Waals surface area (Å²) >= 11 is 1.89. The first-order valence-corrected chi connectivity index (χ1v) is 20.0. The van der Waals surface area contributed by atoms with E-state index in [4.69, 9.17) is 25.4 Å². The standard InChI is InChI=1S/C39H53N7O9S/c1-2-18-52-19-14-36(49)40-15-13-28-7-12-33(47)31(26-28)46-45-30-10-8-29(9-11-30)38(50)42-17-21-54-23-25-55-24-22-53-20-16-41-35(48)6-4-3-5-34-37-32(27-56-34)43-39(51)44-37/h1,7-12,26,32,34,37,47H,3-6,13-25,27H2,(H,40,49)(H,41,48)(H,42,50)(H2,43,44,51)/t32-,34-,37-/m0/s1. The molecule has 0 unspecified atom stereocenters. The number of aromatic hydroxyl groups is 1. The molecule has 0 aromatic heterocycles. The number of phenols is 1. The zero-order chi connectivity index (χ0) is 39.8. The number of carbonyl (C=O) groups excluding carboxylic acids is 4. The van der Waals surface area contributed by atoms with E-state index in [1.807, 2.05) is 11.8 Å². The Balaban J connectivity index is 0.955. The van der Waals surface area contributed by atoms with Crippen molar-refractivity contribution in [2.45, 2.75) is 55.9 Å². The Morgan fingerprint density at radius 3 is 2.27 bits per heavy atom. The molecule has 0 aliphatic carbocycles. The van der Waals surface area contributed by atoms with Crippen LogP contribution in [0.4, 0.5) is 16.2 Å². The van der Waals surface area contributed by atoms with Crippen LogP contribution < -0.4 is 26.6 Å². The molecule has 2 aliphatic heterocycles. The van der Waals surface area contributed by atoms with E-state index in [-0.39, 0.29) is 66.9 Å². The van der Waals surface area contributed by atoms with Gasteiger partial charge in [0.1, 0.15) is 18.0 Å². The highest BCUT2D eigenvalue weighted by atomic mass is 32.2. The van der Waals surface area contributed by atoms with Gasteiger partial charge in [-0.1, -0.05) is 18.4 Å². The van der Waals surface area contributed by atoms with Gasteiger partial charge < -0.3 is 50.6 Å². The molecule has 2 aromatic rings. The van der Waals surface area contributed by atoms with Gasteiger partial charge >= 0.3 is 6.03 Å². The summed E-state index contributed by atoms with van der Waals surface area (Å²) in [6.45, 7) is 3.91. The monoisotopic (exact) mass is 795 g/mol. The first-order chi connectivity index (χ1) is 27.3. The highest BCUT2D eigenvalue weighted by Gasteiger charge is 2.42. The second kappa shape index (κ2) is 25.4. The fourth-order valence-corrected chi connectivity index (χ4v) is 7.38. The molecule has 0 radical (unpaired) electrons. The van der Waals surface area contributed by atoms with Crippen molar-refractivity contribution in [3.05, 3.63) is 53.6 Å². The van der Waals surface area contributed by atoms with Gasteiger partial charge in [-0.25, -0.2) is 4.79 Å². The maximum absolute atomic E-state index is 12.5. The molecule has 0 bridgehead atoms. The zero-order valence-corrected chi connectivity index (χ0v) is 32.4. The Bertz CT molecular complexity index is 1620. The molecule has 6 N–H and O–H groups in total. The average molecular weight is 796 g/mol. The number of terminal acetylenes is 1. The summed E-state index contributed by atoms with van der Waals surface area (Å²) in [6.07, 6.45) is 9.11. The molecular formula is C39H53N7O9S. The molecule has 2 aliphatic rings. The molecule has 5 amide bonds. The third-order valence-electron chi connectivity index (χ3n) is 8.76. The molecule has 56 heavy (non-hydrogen) atoms. The number of hydrogen-bond acceptors (Lipinski definition) is 12. The third-order valence-corrected chi connectivity index (χ3v) is 10.3. The molecule has 0 spiro atoms. The second-order valence-corrected chi connectivity index (χ2v) is 14.3. The van der Waals surface area contributed by atoms with Gasteiger partial charge in [-0.15, -0.1) is 11.5 Å². The number of fused-ring (bicyclic) bond motifs is 1. The molecule has 17 heteroatoms. The number of ether oxygens (including phenoxy) is 4. The maximum atomic E-state index is 12.5. The van der Waals surface area contributed by atoms with Crippen molar-refractivity contribution in [3.63, 3.8) is 0 Å². The van der Waals surface area contributed by atoms with Gasteiger partial charge in [0.15, 0.2) is 0 Å². The molecule has 3 atom stereocenters. The molecule has 0 saturated carbocycles. The lowest BCUT2D eigenvalue weighted by Crippen LogP contribution is -2.36. The topological polar surface area (TPSA) is 210 Å². The number of nitrogens with zero attached hydrogens (tertiary/aromatic N) is 2. The molecule has 4 rings (SSSR count). The molecule has 2 saturated heterocycles. The lowest BCUT2D eigenvalue weighted by atomic mass is 10.0. The van der Waals surface area contributed by atoms with E-state index in [9.17, 15) is 24.3 Å². The minimum atomic E-state index is -0.255. The van der Waals surface area contributed by atoms with Crippen LogP contribution in [-0.4, -0.2) is 124 Å². The number of benzene rings is 2. The Morgan fingerprint density at radius 1 is 0.821 bits per heavy atom. The number of rotatable bonds is 27. The van der Waals surface area contributed by atoms with Crippen LogP contribution in [0.25, 0.3) is 0 Å². The van der Waals surface area contributed by atoms with Gasteiger partial charge in [0.05, 0.1) is 70.4 Å². The van der Waals surface area contributed by atoms with Gasteiger partial charge in [-0.2, -0.15) is 16.9 Å². The minimum absolute atomic E-state index is 0.0156. The van der Waals surface area contributed by atoms with Crippen molar-refractivity contribution < 1.29 is 43.2 Å². The summed E-state index contributed by atoms with van der Waals surface area (Å²) in [7, 11) is 0. The summed E-state index contributed by atoms with van der Waals surface area (Å²) in [5.41, 5.74) is 2.10. The fraction of sp³-hybridized carbons (Fsp3) is 0.538. The van der Waals surface area contributed by atoms with Gasteiger partial charge in [0.2, 0.25) is 11.8 Å². The highest BCUT2D eigenvalue weighted by molar-refractivity contribution is 8.00. The molecular weight excluding hydrogens is 743 g/mol. The van der Waals surface area contributed by atoms with Gasteiger partial charge in [-0.05, 0) is 61.2 Å². The largest absolute Gasteiger partial charge is 0.506 e. The number of amides is 5. The molecule has 2 fully saturated rings. The number of thioether (sulfide) groups is 1. The van der Waals surface area contributed by atoms with Crippen molar-refractivity contribution in [2.24, 2.45) is 10.2 Å². The molecule has 2 aromatic carbocycles. The van der Waals surface area contributed by atoms with Crippen LogP contribution in [0.15, 0.2) is 52.7 Å². The third kappa shape index (κ3) is 16.6. The smallest absolute Gasteiger partial charge is 0.315 e. The molecule has 2 heterocycles. The number of carbonyl (C=O) groups is 4. The van der Waals surface area contributed by atoms with E-state index in [0.29, 0.717) is 88.6 Å². The Kier molecular flexibility index (Phi) is 20.0. The summed E-state index contributed by atoms with van der Waals surface area (Å²) in [6, 6.07) is 11.9. The number of azo groups is 1. The van der Waals surface area contributed by atoms with Gasteiger partial charge in [0, 0.05) is 42.6 Å². The van der Waals surface area contributed by atoms with Crippen molar-refractivity contribution in [1.29, 1.82) is 0 Å². The number of unbranched alkanes of at least 4 members (excludes halogenated alkanes) is 1. The predicted octanol–water partition coefficient (Wildman–Crippen LogP) is 3.13. The van der Waals surface area contributed by atoms with Crippen LogP contribution in [-0.2, 0) is 35.0 Å². The molecule has 16 nitrogen and oxygen atoms in total. The van der Waals surface area contributed by atoms with Gasteiger partial charge in [0.25, 0.3) is 5.91 Å². The highest BCUT2D eigenvalue weighted by Crippen LogP contribution is 2.33. The van der Waals surface area contributed by atoms with Crippen molar-refractivity contribution in [3.8, 4) is 18.1 Å².